The van der Waals surface area contributed by atoms with E-state index in [0.29, 0.717) is 40.5 Å². The minimum absolute atomic E-state index is 0.200. The second kappa shape index (κ2) is 7.22. The molecule has 0 radical (unpaired) electrons. The zero-order valence-corrected chi connectivity index (χ0v) is 15.8. The van der Waals surface area contributed by atoms with Crippen LogP contribution in [-0.2, 0) is 9.47 Å². The fraction of sp³-hybridized carbons (Fsp3) is 0.333. The number of rotatable bonds is 3. The molecule has 0 aliphatic carbocycles. The van der Waals surface area contributed by atoms with E-state index < -0.39 is 0 Å². The Morgan fingerprint density at radius 3 is 2.92 bits per heavy atom. The minimum atomic E-state index is -0.322. The molecule has 26 heavy (non-hydrogen) atoms. The zero-order valence-electron chi connectivity index (χ0n) is 14.2. The van der Waals surface area contributed by atoms with Crippen molar-refractivity contribution in [2.75, 3.05) is 32.9 Å². The largest absolute Gasteiger partial charge is 0.506 e. The average Bonchev–Trinajstić information content (AvgIpc) is 3.29. The molecule has 0 amide bonds. The van der Waals surface area contributed by atoms with Gasteiger partial charge in [0.05, 0.1) is 12.7 Å². The number of fused-ring (bicyclic) bond motifs is 1. The normalized spacial score (nSPS) is 14.7. The third-order valence-corrected chi connectivity index (χ3v) is 6.20. The van der Waals surface area contributed by atoms with Gasteiger partial charge in [-0.15, -0.1) is 22.7 Å². The lowest BCUT2D eigenvalue weighted by molar-refractivity contribution is 0.0532. The van der Waals surface area contributed by atoms with Crippen LogP contribution in [0.3, 0.4) is 0 Å². The SMILES string of the molecule is CCOC(=O)c1ccc(-c2csc3c(O)cc(=[N+]4CCOCC4)oc23)s1. The maximum Gasteiger partial charge on any atom is 0.371 e. The first-order chi connectivity index (χ1) is 12.7. The molecular weight excluding hydrogens is 374 g/mol. The lowest BCUT2D eigenvalue weighted by Gasteiger charge is -2.09. The number of esters is 1. The van der Waals surface area contributed by atoms with Gasteiger partial charge in [0.2, 0.25) is 0 Å². The zero-order chi connectivity index (χ0) is 18.1. The molecule has 4 heterocycles. The van der Waals surface area contributed by atoms with Gasteiger partial charge in [0.25, 0.3) is 0 Å². The van der Waals surface area contributed by atoms with E-state index in [2.05, 4.69) is 4.58 Å². The minimum Gasteiger partial charge on any atom is -0.506 e. The van der Waals surface area contributed by atoms with Crippen LogP contribution >= 0.6 is 22.7 Å². The third kappa shape index (κ3) is 3.15. The number of carbonyl (C=O) groups is 1. The number of aromatic hydroxyl groups is 1. The Hall–Kier alpha value is -2.16. The summed E-state index contributed by atoms with van der Waals surface area (Å²) < 4.78 is 19.3. The maximum absolute atomic E-state index is 11.9. The summed E-state index contributed by atoms with van der Waals surface area (Å²) in [6, 6.07) is 5.30. The van der Waals surface area contributed by atoms with E-state index in [-0.39, 0.29) is 11.7 Å². The van der Waals surface area contributed by atoms with Gasteiger partial charge in [0, 0.05) is 15.8 Å². The van der Waals surface area contributed by atoms with Gasteiger partial charge in [0.15, 0.2) is 18.7 Å². The van der Waals surface area contributed by atoms with Crippen molar-refractivity contribution in [3.8, 4) is 16.2 Å². The molecule has 8 heteroatoms. The van der Waals surface area contributed by atoms with Gasteiger partial charge in [-0.1, -0.05) is 0 Å². The van der Waals surface area contributed by atoms with Crippen LogP contribution in [0, 0.1) is 0 Å². The summed E-state index contributed by atoms with van der Waals surface area (Å²) >= 11 is 2.78. The van der Waals surface area contributed by atoms with E-state index in [1.54, 1.807) is 19.1 Å². The van der Waals surface area contributed by atoms with Crippen molar-refractivity contribution >= 4 is 38.9 Å². The highest BCUT2D eigenvalue weighted by Crippen LogP contribution is 2.40. The lowest BCUT2D eigenvalue weighted by atomic mass is 10.2. The fourth-order valence-electron chi connectivity index (χ4n) is 2.85. The molecule has 1 N–H and O–H groups in total. The summed E-state index contributed by atoms with van der Waals surface area (Å²) in [6.45, 7) is 4.85. The Balaban J connectivity index is 1.81. The predicted octanol–water partition coefficient (Wildman–Crippen LogP) is 2.91. The molecule has 1 fully saturated rings. The number of hydrogen-bond donors (Lipinski definition) is 1. The van der Waals surface area contributed by atoms with Crippen LogP contribution < -0.4 is 10.1 Å². The molecule has 0 atom stereocenters. The molecule has 1 aliphatic rings. The van der Waals surface area contributed by atoms with E-state index in [0.717, 1.165) is 23.5 Å². The highest BCUT2D eigenvalue weighted by molar-refractivity contribution is 7.20. The molecule has 0 spiro atoms. The summed E-state index contributed by atoms with van der Waals surface area (Å²) in [5.74, 6) is -0.122. The molecule has 4 rings (SSSR count). The summed E-state index contributed by atoms with van der Waals surface area (Å²) in [5.41, 5.74) is 2.13. The summed E-state index contributed by atoms with van der Waals surface area (Å²) in [4.78, 5) is 13.4. The van der Waals surface area contributed by atoms with Gasteiger partial charge in [-0.3, -0.25) is 0 Å². The van der Waals surface area contributed by atoms with Crippen LogP contribution in [0.1, 0.15) is 16.6 Å². The van der Waals surface area contributed by atoms with E-state index in [1.807, 2.05) is 11.4 Å². The van der Waals surface area contributed by atoms with Crippen LogP contribution in [0.5, 0.6) is 5.75 Å². The number of carbonyl (C=O) groups excluding carboxylic acids is 1. The number of hydrogen-bond acceptors (Lipinski definition) is 7. The van der Waals surface area contributed by atoms with Crippen molar-refractivity contribution in [1.29, 1.82) is 0 Å². The lowest BCUT2D eigenvalue weighted by Crippen LogP contribution is -2.39. The number of ether oxygens (including phenoxy) is 2. The van der Waals surface area contributed by atoms with Gasteiger partial charge in [-0.25, -0.2) is 4.79 Å². The second-order valence-electron chi connectivity index (χ2n) is 5.76. The molecule has 3 aromatic heterocycles. The topological polar surface area (TPSA) is 71.9 Å². The molecular formula is C18H18NO5S2+. The van der Waals surface area contributed by atoms with Crippen LogP contribution in [0.15, 0.2) is 28.0 Å². The highest BCUT2D eigenvalue weighted by Gasteiger charge is 2.20. The first kappa shape index (κ1) is 17.3. The van der Waals surface area contributed by atoms with Crippen molar-refractivity contribution in [3.05, 3.63) is 34.0 Å². The number of nitrogens with zero attached hydrogens (tertiary/aromatic N) is 1. The first-order valence-corrected chi connectivity index (χ1v) is 10.0. The van der Waals surface area contributed by atoms with Crippen LogP contribution in [0.4, 0.5) is 0 Å². The van der Waals surface area contributed by atoms with E-state index in [9.17, 15) is 9.90 Å². The quantitative estimate of drug-likeness (QED) is 0.548. The van der Waals surface area contributed by atoms with Crippen LogP contribution in [-0.4, -0.2) is 44.0 Å². The monoisotopic (exact) mass is 392 g/mol. The standard InChI is InChI=1S/C18H17NO5S2/c1-2-23-18(21)14-4-3-13(26-14)11-10-25-17-12(20)9-15(24-16(11)17)19-5-7-22-8-6-19/h3-4,9-10H,2,5-8H2,1H3/p+1. The van der Waals surface area contributed by atoms with Gasteiger partial charge in [-0.2, -0.15) is 4.58 Å². The maximum atomic E-state index is 11.9. The summed E-state index contributed by atoms with van der Waals surface area (Å²) in [7, 11) is 0. The smallest absolute Gasteiger partial charge is 0.371 e. The molecule has 0 aromatic carbocycles. The van der Waals surface area contributed by atoms with Crippen LogP contribution in [0.25, 0.3) is 20.7 Å². The molecule has 6 nitrogen and oxygen atoms in total. The Labute approximate surface area is 157 Å². The average molecular weight is 392 g/mol. The van der Waals surface area contributed by atoms with E-state index >= 15 is 0 Å². The van der Waals surface area contributed by atoms with Crippen molar-refractivity contribution in [1.82, 2.24) is 4.58 Å². The highest BCUT2D eigenvalue weighted by atomic mass is 32.1. The molecule has 1 saturated heterocycles. The Bertz CT molecular complexity index is 1020. The summed E-state index contributed by atoms with van der Waals surface area (Å²) in [6.07, 6.45) is 0. The molecule has 0 bridgehead atoms. The van der Waals surface area contributed by atoms with Gasteiger partial charge in [-0.05, 0) is 19.1 Å². The van der Waals surface area contributed by atoms with Gasteiger partial charge < -0.3 is 19.0 Å². The number of morpholine rings is 1. The second-order valence-corrected chi connectivity index (χ2v) is 7.72. The van der Waals surface area contributed by atoms with E-state index in [4.69, 9.17) is 13.9 Å². The van der Waals surface area contributed by atoms with Crippen molar-refractivity contribution in [2.45, 2.75) is 6.92 Å². The third-order valence-electron chi connectivity index (χ3n) is 4.12. The van der Waals surface area contributed by atoms with E-state index in [1.165, 1.54) is 22.7 Å². The van der Waals surface area contributed by atoms with Gasteiger partial charge >= 0.3 is 11.5 Å². The Morgan fingerprint density at radius 1 is 1.35 bits per heavy atom. The molecule has 0 unspecified atom stereocenters. The van der Waals surface area contributed by atoms with Crippen molar-refractivity contribution in [2.24, 2.45) is 0 Å². The predicted molar refractivity (Wildman–Crippen MR) is 101 cm³/mol. The van der Waals surface area contributed by atoms with Gasteiger partial charge in [0.1, 0.15) is 28.5 Å². The van der Waals surface area contributed by atoms with Crippen molar-refractivity contribution in [3.63, 3.8) is 0 Å². The number of thiophene rings is 2. The molecule has 136 valence electrons. The molecule has 1 aliphatic heterocycles. The first-order valence-electron chi connectivity index (χ1n) is 8.34. The summed E-state index contributed by atoms with van der Waals surface area (Å²) in [5, 5.41) is 12.4. The Morgan fingerprint density at radius 2 is 2.15 bits per heavy atom. The molecule has 0 saturated carbocycles. The fourth-order valence-corrected chi connectivity index (χ4v) is 4.74. The molecule has 3 aromatic rings. The van der Waals surface area contributed by atoms with Crippen molar-refractivity contribution < 1.29 is 23.8 Å². The van der Waals surface area contributed by atoms with Crippen LogP contribution in [0.2, 0.25) is 0 Å². The Kier molecular flexibility index (Phi) is 4.80.